The van der Waals surface area contributed by atoms with Gasteiger partial charge in [0.25, 0.3) is 0 Å². The zero-order chi connectivity index (χ0) is 13.7. The summed E-state index contributed by atoms with van der Waals surface area (Å²) in [7, 11) is 0. The topological polar surface area (TPSA) is 57.3 Å². The van der Waals surface area contributed by atoms with Crippen LogP contribution in [0, 0.1) is 5.92 Å². The molecule has 2 rings (SSSR count). The molecule has 0 saturated carbocycles. The number of pyridine rings is 1. The minimum Gasteiger partial charge on any atom is -0.338 e. The van der Waals surface area contributed by atoms with E-state index in [4.69, 9.17) is 11.6 Å². The first-order chi connectivity index (χ1) is 9.17. The first kappa shape index (κ1) is 14.1. The highest BCUT2D eigenvalue weighted by Gasteiger charge is 2.21. The quantitative estimate of drug-likeness (QED) is 0.833. The molecule has 1 saturated heterocycles. The number of hydrogen-bond donors (Lipinski definition) is 2. The molecule has 0 unspecified atom stereocenters. The molecular weight excluding hydrogens is 264 g/mol. The number of carbonyl (C=O) groups excluding carboxylic acids is 1. The second-order valence-corrected chi connectivity index (χ2v) is 5.14. The zero-order valence-electron chi connectivity index (χ0n) is 11.0. The summed E-state index contributed by atoms with van der Waals surface area (Å²) in [5.74, 6) is 0.550. The number of rotatable bonds is 4. The summed E-state index contributed by atoms with van der Waals surface area (Å²) in [5, 5.41) is 6.04. The van der Waals surface area contributed by atoms with Crippen LogP contribution < -0.4 is 10.6 Å². The van der Waals surface area contributed by atoms with E-state index in [1.165, 1.54) is 6.20 Å². The van der Waals surface area contributed by atoms with Crippen LogP contribution in [0.1, 0.15) is 13.3 Å². The summed E-state index contributed by atoms with van der Waals surface area (Å²) < 4.78 is 0. The van der Waals surface area contributed by atoms with Gasteiger partial charge >= 0.3 is 6.03 Å². The molecule has 0 radical (unpaired) electrons. The largest absolute Gasteiger partial charge is 0.338 e. The lowest BCUT2D eigenvalue weighted by molar-refractivity contribution is 0.250. The van der Waals surface area contributed by atoms with Gasteiger partial charge in [-0.05, 0) is 37.6 Å². The van der Waals surface area contributed by atoms with Crippen molar-refractivity contribution in [1.82, 2.24) is 15.2 Å². The lowest BCUT2D eigenvalue weighted by Crippen LogP contribution is -2.34. The molecule has 1 fully saturated rings. The standard InChI is InChI=1S/C13H19ClN4O/c1-2-18-6-5-10(9-18)7-16-13(19)17-11-3-4-12(14)15-8-11/h3-4,8,10H,2,5-7,9H2,1H3,(H2,16,17,19)/t10-/m1/s1. The van der Waals surface area contributed by atoms with Gasteiger partial charge in [-0.2, -0.15) is 0 Å². The summed E-state index contributed by atoms with van der Waals surface area (Å²) in [6.07, 6.45) is 2.69. The van der Waals surface area contributed by atoms with E-state index < -0.39 is 0 Å². The Morgan fingerprint density at radius 2 is 2.42 bits per heavy atom. The highest BCUT2D eigenvalue weighted by atomic mass is 35.5. The van der Waals surface area contributed by atoms with Crippen LogP contribution in [0.3, 0.4) is 0 Å². The molecule has 2 heterocycles. The SMILES string of the molecule is CCN1CC[C@H](CNC(=O)Nc2ccc(Cl)nc2)C1. The summed E-state index contributed by atoms with van der Waals surface area (Å²) in [6.45, 7) is 6.16. The smallest absolute Gasteiger partial charge is 0.319 e. The van der Waals surface area contributed by atoms with Crippen LogP contribution in [0.5, 0.6) is 0 Å². The predicted molar refractivity (Wildman–Crippen MR) is 76.5 cm³/mol. The average Bonchev–Trinajstić information content (AvgIpc) is 2.87. The van der Waals surface area contributed by atoms with E-state index in [1.807, 2.05) is 0 Å². The van der Waals surface area contributed by atoms with E-state index in [0.717, 1.165) is 26.1 Å². The van der Waals surface area contributed by atoms with Gasteiger partial charge in [-0.15, -0.1) is 0 Å². The summed E-state index contributed by atoms with van der Waals surface area (Å²) in [5.41, 5.74) is 0.642. The van der Waals surface area contributed by atoms with Gasteiger partial charge in [0.1, 0.15) is 5.15 Å². The third kappa shape index (κ3) is 4.36. The number of anilines is 1. The van der Waals surface area contributed by atoms with Gasteiger partial charge in [0.2, 0.25) is 0 Å². The maximum atomic E-state index is 11.7. The average molecular weight is 283 g/mol. The first-order valence-electron chi connectivity index (χ1n) is 6.56. The molecule has 0 aromatic carbocycles. The zero-order valence-corrected chi connectivity index (χ0v) is 11.8. The summed E-state index contributed by atoms with van der Waals surface area (Å²) in [4.78, 5) is 18.0. The molecule has 0 spiro atoms. The number of hydrogen-bond acceptors (Lipinski definition) is 3. The molecule has 2 N–H and O–H groups in total. The van der Waals surface area contributed by atoms with Crippen molar-refractivity contribution in [2.75, 3.05) is 31.5 Å². The van der Waals surface area contributed by atoms with Gasteiger partial charge in [-0.1, -0.05) is 18.5 Å². The molecular formula is C13H19ClN4O. The number of amides is 2. The van der Waals surface area contributed by atoms with E-state index >= 15 is 0 Å². The van der Waals surface area contributed by atoms with Crippen LogP contribution in [-0.4, -0.2) is 42.1 Å². The Hall–Kier alpha value is -1.33. The monoisotopic (exact) mass is 282 g/mol. The van der Waals surface area contributed by atoms with Crippen LogP contribution in [0.25, 0.3) is 0 Å². The Morgan fingerprint density at radius 1 is 1.58 bits per heavy atom. The van der Waals surface area contributed by atoms with Gasteiger partial charge in [0, 0.05) is 13.1 Å². The van der Waals surface area contributed by atoms with Gasteiger partial charge < -0.3 is 15.5 Å². The molecule has 5 nitrogen and oxygen atoms in total. The summed E-state index contributed by atoms with van der Waals surface area (Å²) in [6, 6.07) is 3.18. The summed E-state index contributed by atoms with van der Waals surface area (Å²) >= 11 is 5.68. The van der Waals surface area contributed by atoms with Gasteiger partial charge in [-0.25, -0.2) is 9.78 Å². The highest BCUT2D eigenvalue weighted by molar-refractivity contribution is 6.29. The fourth-order valence-corrected chi connectivity index (χ4v) is 2.34. The normalized spacial score (nSPS) is 19.4. The fourth-order valence-electron chi connectivity index (χ4n) is 2.23. The second kappa shape index (κ2) is 6.73. The molecule has 1 aliphatic heterocycles. The van der Waals surface area contributed by atoms with Gasteiger partial charge in [-0.3, -0.25) is 0 Å². The Bertz CT molecular complexity index is 423. The Balaban J connectivity index is 1.71. The molecule has 2 amide bonds. The van der Waals surface area contributed by atoms with E-state index in [9.17, 15) is 4.79 Å². The Morgan fingerprint density at radius 3 is 3.05 bits per heavy atom. The lowest BCUT2D eigenvalue weighted by atomic mass is 10.1. The number of likely N-dealkylation sites (tertiary alicyclic amines) is 1. The molecule has 1 atom stereocenters. The molecule has 1 aliphatic rings. The Kier molecular flexibility index (Phi) is 4.99. The first-order valence-corrected chi connectivity index (χ1v) is 6.94. The molecule has 1 aromatic rings. The van der Waals surface area contributed by atoms with Crippen molar-refractivity contribution in [2.45, 2.75) is 13.3 Å². The molecule has 0 bridgehead atoms. The van der Waals surface area contributed by atoms with Crippen molar-refractivity contribution in [3.63, 3.8) is 0 Å². The minimum absolute atomic E-state index is 0.195. The van der Waals surface area contributed by atoms with Crippen LogP contribution >= 0.6 is 11.6 Å². The third-order valence-corrected chi connectivity index (χ3v) is 3.58. The molecule has 6 heteroatoms. The van der Waals surface area contributed by atoms with Crippen molar-refractivity contribution in [3.8, 4) is 0 Å². The molecule has 0 aliphatic carbocycles. The van der Waals surface area contributed by atoms with E-state index in [2.05, 4.69) is 27.4 Å². The van der Waals surface area contributed by atoms with Crippen LogP contribution in [-0.2, 0) is 0 Å². The third-order valence-electron chi connectivity index (χ3n) is 3.35. The lowest BCUT2D eigenvalue weighted by Gasteiger charge is -2.14. The van der Waals surface area contributed by atoms with Crippen LogP contribution in [0.2, 0.25) is 5.15 Å². The van der Waals surface area contributed by atoms with Crippen LogP contribution in [0.15, 0.2) is 18.3 Å². The van der Waals surface area contributed by atoms with E-state index in [1.54, 1.807) is 12.1 Å². The Labute approximate surface area is 118 Å². The molecule has 104 valence electrons. The van der Waals surface area contributed by atoms with Crippen molar-refractivity contribution in [2.24, 2.45) is 5.92 Å². The molecule has 1 aromatic heterocycles. The number of aromatic nitrogens is 1. The predicted octanol–water partition coefficient (Wildman–Crippen LogP) is 2.20. The number of urea groups is 1. The van der Waals surface area contributed by atoms with E-state index in [-0.39, 0.29) is 6.03 Å². The van der Waals surface area contributed by atoms with Crippen molar-refractivity contribution in [1.29, 1.82) is 0 Å². The highest BCUT2D eigenvalue weighted by Crippen LogP contribution is 2.14. The fraction of sp³-hybridized carbons (Fsp3) is 0.538. The van der Waals surface area contributed by atoms with Crippen molar-refractivity contribution >= 4 is 23.3 Å². The van der Waals surface area contributed by atoms with Crippen molar-refractivity contribution in [3.05, 3.63) is 23.5 Å². The number of nitrogens with zero attached hydrogens (tertiary/aromatic N) is 2. The maximum absolute atomic E-state index is 11.7. The van der Waals surface area contributed by atoms with E-state index in [0.29, 0.717) is 23.3 Å². The number of halogens is 1. The minimum atomic E-state index is -0.195. The van der Waals surface area contributed by atoms with Crippen LogP contribution in [0.4, 0.5) is 10.5 Å². The number of nitrogens with one attached hydrogen (secondary N) is 2. The van der Waals surface area contributed by atoms with Gasteiger partial charge in [0.05, 0.1) is 11.9 Å². The second-order valence-electron chi connectivity index (χ2n) is 4.75. The number of carbonyl (C=O) groups is 1. The maximum Gasteiger partial charge on any atom is 0.319 e. The molecule has 19 heavy (non-hydrogen) atoms. The van der Waals surface area contributed by atoms with Gasteiger partial charge in [0.15, 0.2) is 0 Å². The van der Waals surface area contributed by atoms with Crippen molar-refractivity contribution < 1.29 is 4.79 Å².